The molecule has 134 valence electrons. The summed E-state index contributed by atoms with van der Waals surface area (Å²) in [6.07, 6.45) is 0. The van der Waals surface area contributed by atoms with E-state index in [0.717, 1.165) is 11.3 Å². The summed E-state index contributed by atoms with van der Waals surface area (Å²) in [5.74, 6) is 0.736. The Morgan fingerprint density at radius 2 is 2.00 bits per heavy atom. The molecular formula is C19H19ClN4O2. The molecule has 1 aliphatic rings. The predicted octanol–water partition coefficient (Wildman–Crippen LogP) is 2.65. The summed E-state index contributed by atoms with van der Waals surface area (Å²) in [5, 5.41) is 9.42. The van der Waals surface area contributed by atoms with Crippen LogP contribution in [0.2, 0.25) is 5.02 Å². The second-order valence-electron chi connectivity index (χ2n) is 6.11. The number of methoxy groups -OCH3 is 1. The number of carbonyl (C=O) groups is 1. The van der Waals surface area contributed by atoms with Crippen molar-refractivity contribution in [2.24, 2.45) is 0 Å². The van der Waals surface area contributed by atoms with Crippen LogP contribution < -0.4 is 15.4 Å². The third kappa shape index (κ3) is 3.74. The van der Waals surface area contributed by atoms with Gasteiger partial charge in [0.25, 0.3) is 0 Å². The van der Waals surface area contributed by atoms with E-state index >= 15 is 0 Å². The highest BCUT2D eigenvalue weighted by Gasteiger charge is 2.27. The second-order valence-corrected chi connectivity index (χ2v) is 6.49. The summed E-state index contributed by atoms with van der Waals surface area (Å²) in [6, 6.07) is 13.0. The zero-order chi connectivity index (χ0) is 18.7. The van der Waals surface area contributed by atoms with Gasteiger partial charge < -0.3 is 15.4 Å². The highest BCUT2D eigenvalue weighted by Crippen LogP contribution is 2.33. The van der Waals surface area contributed by atoms with E-state index in [1.54, 1.807) is 18.1 Å². The normalized spacial score (nSPS) is 15.0. The van der Waals surface area contributed by atoms with E-state index < -0.39 is 0 Å². The number of hydrogen-bond acceptors (Lipinski definition) is 5. The van der Waals surface area contributed by atoms with Crippen molar-refractivity contribution >= 4 is 28.9 Å². The van der Waals surface area contributed by atoms with Crippen molar-refractivity contribution < 1.29 is 9.53 Å². The van der Waals surface area contributed by atoms with Crippen LogP contribution in [0.1, 0.15) is 11.1 Å². The Balaban J connectivity index is 1.72. The first kappa shape index (κ1) is 18.1. The Kier molecular flexibility index (Phi) is 5.31. The Labute approximate surface area is 157 Å². The predicted molar refractivity (Wildman–Crippen MR) is 101 cm³/mol. The summed E-state index contributed by atoms with van der Waals surface area (Å²) >= 11 is 6.26. The standard InChI is InChI=1S/C19H19ClN4O2/c1-26-15-4-2-13(3-5-15)11-23-6-7-24(18(25)12-23)17-9-14(10-21)8-16(22)19(17)20/h2-5,8-9H,6-7,11-12,22H2,1H3. The molecule has 26 heavy (non-hydrogen) atoms. The lowest BCUT2D eigenvalue weighted by molar-refractivity contribution is -0.121. The Bertz CT molecular complexity index is 861. The highest BCUT2D eigenvalue weighted by atomic mass is 35.5. The molecule has 1 saturated heterocycles. The van der Waals surface area contributed by atoms with Crippen LogP contribution in [0.4, 0.5) is 11.4 Å². The minimum atomic E-state index is -0.0684. The molecule has 7 heteroatoms. The van der Waals surface area contributed by atoms with Crippen molar-refractivity contribution in [1.82, 2.24) is 4.90 Å². The lowest BCUT2D eigenvalue weighted by atomic mass is 10.1. The quantitative estimate of drug-likeness (QED) is 0.836. The van der Waals surface area contributed by atoms with Gasteiger partial charge in [-0.3, -0.25) is 9.69 Å². The molecule has 0 unspecified atom stereocenters. The first-order valence-electron chi connectivity index (χ1n) is 8.16. The van der Waals surface area contributed by atoms with Crippen molar-refractivity contribution in [3.8, 4) is 11.8 Å². The molecule has 6 nitrogen and oxygen atoms in total. The van der Waals surface area contributed by atoms with Crippen molar-refractivity contribution in [1.29, 1.82) is 5.26 Å². The third-order valence-electron chi connectivity index (χ3n) is 4.37. The van der Waals surface area contributed by atoms with Crippen LogP contribution in [0.3, 0.4) is 0 Å². The van der Waals surface area contributed by atoms with E-state index in [4.69, 9.17) is 27.3 Å². The van der Waals surface area contributed by atoms with Gasteiger partial charge in [0.15, 0.2) is 0 Å². The molecule has 0 spiro atoms. The monoisotopic (exact) mass is 370 g/mol. The first-order valence-corrected chi connectivity index (χ1v) is 8.54. The van der Waals surface area contributed by atoms with Gasteiger partial charge in [0, 0.05) is 19.6 Å². The number of hydrogen-bond donors (Lipinski definition) is 1. The number of nitrogen functional groups attached to an aromatic ring is 1. The van der Waals surface area contributed by atoms with Gasteiger partial charge in [-0.25, -0.2) is 0 Å². The van der Waals surface area contributed by atoms with Gasteiger partial charge in [0.05, 0.1) is 41.7 Å². The Morgan fingerprint density at radius 3 is 2.62 bits per heavy atom. The molecule has 0 radical (unpaired) electrons. The van der Waals surface area contributed by atoms with Gasteiger partial charge in [-0.1, -0.05) is 23.7 Å². The number of nitrogens with two attached hydrogens (primary N) is 1. The average Bonchev–Trinajstić information content (AvgIpc) is 2.65. The van der Waals surface area contributed by atoms with Crippen LogP contribution in [0, 0.1) is 11.3 Å². The van der Waals surface area contributed by atoms with Crippen molar-refractivity contribution in [2.45, 2.75) is 6.54 Å². The van der Waals surface area contributed by atoms with Crippen LogP contribution >= 0.6 is 11.6 Å². The lowest BCUT2D eigenvalue weighted by Crippen LogP contribution is -2.50. The van der Waals surface area contributed by atoms with Gasteiger partial charge in [-0.2, -0.15) is 5.26 Å². The number of carbonyl (C=O) groups excluding carboxylic acids is 1. The van der Waals surface area contributed by atoms with Gasteiger partial charge in [0.2, 0.25) is 5.91 Å². The molecule has 3 rings (SSSR count). The summed E-state index contributed by atoms with van der Waals surface area (Å²) < 4.78 is 5.16. The number of anilines is 2. The number of ether oxygens (including phenoxy) is 1. The number of rotatable bonds is 4. The smallest absolute Gasteiger partial charge is 0.241 e. The molecule has 2 aromatic carbocycles. The maximum atomic E-state index is 12.6. The van der Waals surface area contributed by atoms with E-state index in [1.807, 2.05) is 30.3 Å². The van der Waals surface area contributed by atoms with E-state index in [1.165, 1.54) is 6.07 Å². The van der Waals surface area contributed by atoms with Gasteiger partial charge in [0.1, 0.15) is 5.75 Å². The number of piperazine rings is 1. The number of halogens is 1. The van der Waals surface area contributed by atoms with Gasteiger partial charge in [-0.15, -0.1) is 0 Å². The summed E-state index contributed by atoms with van der Waals surface area (Å²) in [6.45, 7) is 2.14. The summed E-state index contributed by atoms with van der Waals surface area (Å²) in [4.78, 5) is 16.3. The van der Waals surface area contributed by atoms with Crippen LogP contribution in [0.25, 0.3) is 0 Å². The molecule has 0 saturated carbocycles. The van der Waals surface area contributed by atoms with E-state index in [-0.39, 0.29) is 12.5 Å². The van der Waals surface area contributed by atoms with Crippen LogP contribution in [0.15, 0.2) is 36.4 Å². The molecule has 0 bridgehead atoms. The van der Waals surface area contributed by atoms with E-state index in [9.17, 15) is 4.79 Å². The average molecular weight is 371 g/mol. The molecule has 2 aromatic rings. The molecular weight excluding hydrogens is 352 g/mol. The highest BCUT2D eigenvalue weighted by molar-refractivity contribution is 6.36. The SMILES string of the molecule is COc1ccc(CN2CCN(c3cc(C#N)cc(N)c3Cl)C(=O)C2)cc1. The summed E-state index contributed by atoms with van der Waals surface area (Å²) in [7, 11) is 1.63. The van der Waals surface area contributed by atoms with Crippen LogP contribution in [0.5, 0.6) is 5.75 Å². The lowest BCUT2D eigenvalue weighted by Gasteiger charge is -2.35. The minimum Gasteiger partial charge on any atom is -0.497 e. The molecule has 1 aliphatic heterocycles. The number of amides is 1. The Morgan fingerprint density at radius 1 is 1.27 bits per heavy atom. The molecule has 1 heterocycles. The topological polar surface area (TPSA) is 82.6 Å². The fourth-order valence-electron chi connectivity index (χ4n) is 2.99. The molecule has 1 amide bonds. The van der Waals surface area contributed by atoms with Crippen LogP contribution in [-0.2, 0) is 11.3 Å². The summed E-state index contributed by atoms with van der Waals surface area (Å²) in [5.41, 5.74) is 8.15. The molecule has 0 atom stereocenters. The molecule has 0 aromatic heterocycles. The molecule has 1 fully saturated rings. The zero-order valence-corrected chi connectivity index (χ0v) is 15.2. The van der Waals surface area contributed by atoms with E-state index in [0.29, 0.717) is 41.6 Å². The fourth-order valence-corrected chi connectivity index (χ4v) is 3.20. The van der Waals surface area contributed by atoms with Crippen molar-refractivity contribution in [3.05, 3.63) is 52.5 Å². The fraction of sp³-hybridized carbons (Fsp3) is 0.263. The van der Waals surface area contributed by atoms with Gasteiger partial charge >= 0.3 is 0 Å². The maximum Gasteiger partial charge on any atom is 0.241 e. The number of benzene rings is 2. The maximum absolute atomic E-state index is 12.6. The van der Waals surface area contributed by atoms with Crippen molar-refractivity contribution in [2.75, 3.05) is 37.4 Å². The molecule has 2 N–H and O–H groups in total. The van der Waals surface area contributed by atoms with E-state index in [2.05, 4.69) is 4.90 Å². The van der Waals surface area contributed by atoms with Gasteiger partial charge in [-0.05, 0) is 29.8 Å². The second kappa shape index (κ2) is 7.65. The van der Waals surface area contributed by atoms with Crippen LogP contribution in [-0.4, -0.2) is 37.6 Å². The number of nitriles is 1. The molecule has 0 aliphatic carbocycles. The third-order valence-corrected chi connectivity index (χ3v) is 4.78. The zero-order valence-electron chi connectivity index (χ0n) is 14.4. The van der Waals surface area contributed by atoms with Crippen molar-refractivity contribution in [3.63, 3.8) is 0 Å². The Hall–Kier alpha value is -2.75. The largest absolute Gasteiger partial charge is 0.497 e. The minimum absolute atomic E-state index is 0.0684. The number of nitrogens with zero attached hydrogens (tertiary/aromatic N) is 3. The first-order chi connectivity index (χ1) is 12.5.